The monoisotopic (exact) mass is 178 g/mol. The van der Waals surface area contributed by atoms with E-state index in [1.165, 1.54) is 5.56 Å². The molecule has 1 aliphatic heterocycles. The predicted molar refractivity (Wildman–Crippen MR) is 50.0 cm³/mol. The van der Waals surface area contributed by atoms with Crippen molar-refractivity contribution in [2.75, 3.05) is 6.61 Å². The second kappa shape index (κ2) is 3.32. The molecule has 2 heterocycles. The summed E-state index contributed by atoms with van der Waals surface area (Å²) in [6.45, 7) is 4.90. The molecule has 0 aromatic carbocycles. The summed E-state index contributed by atoms with van der Waals surface area (Å²) in [6, 6.07) is 0. The molecule has 0 spiro atoms. The number of fused-ring (bicyclic) bond motifs is 1. The number of hydrogen-bond donors (Lipinski definition) is 0. The van der Waals surface area contributed by atoms with Gasteiger partial charge in [0.2, 0.25) is 0 Å². The minimum atomic E-state index is 0.792. The summed E-state index contributed by atoms with van der Waals surface area (Å²) in [7, 11) is 0. The van der Waals surface area contributed by atoms with Gasteiger partial charge < -0.3 is 4.74 Å². The standard InChI is InChI=1S/C10H14N2O/c1-3-4-9-8-5-6-13-10(8)7(2)11-12-9/h3-6H2,1-2H3. The van der Waals surface area contributed by atoms with Crippen molar-refractivity contribution in [1.82, 2.24) is 10.2 Å². The average Bonchev–Trinajstić information content (AvgIpc) is 2.59. The molecule has 3 nitrogen and oxygen atoms in total. The van der Waals surface area contributed by atoms with E-state index in [1.807, 2.05) is 6.92 Å². The third-order valence-electron chi connectivity index (χ3n) is 2.36. The smallest absolute Gasteiger partial charge is 0.147 e. The number of ether oxygens (including phenoxy) is 1. The normalized spacial score (nSPS) is 14.0. The topological polar surface area (TPSA) is 35.0 Å². The van der Waals surface area contributed by atoms with Crippen LogP contribution in [0.1, 0.15) is 30.3 Å². The molecule has 3 heteroatoms. The van der Waals surface area contributed by atoms with Crippen molar-refractivity contribution in [2.24, 2.45) is 0 Å². The molecule has 0 N–H and O–H groups in total. The first kappa shape index (κ1) is 8.48. The average molecular weight is 178 g/mol. The van der Waals surface area contributed by atoms with Crippen molar-refractivity contribution in [3.8, 4) is 5.75 Å². The second-order valence-corrected chi connectivity index (χ2v) is 3.39. The molecule has 0 saturated carbocycles. The summed E-state index contributed by atoms with van der Waals surface area (Å²) in [5.74, 6) is 0.985. The van der Waals surface area contributed by atoms with Crippen LogP contribution in [0.2, 0.25) is 0 Å². The second-order valence-electron chi connectivity index (χ2n) is 3.39. The minimum absolute atomic E-state index is 0.792. The van der Waals surface area contributed by atoms with Gasteiger partial charge in [0.1, 0.15) is 11.4 Å². The van der Waals surface area contributed by atoms with E-state index >= 15 is 0 Å². The van der Waals surface area contributed by atoms with E-state index in [4.69, 9.17) is 4.74 Å². The van der Waals surface area contributed by atoms with Crippen molar-refractivity contribution >= 4 is 0 Å². The summed E-state index contributed by atoms with van der Waals surface area (Å²) < 4.78 is 5.51. The molecule has 0 radical (unpaired) electrons. The predicted octanol–water partition coefficient (Wildman–Crippen LogP) is 1.67. The van der Waals surface area contributed by atoms with E-state index in [9.17, 15) is 0 Å². The van der Waals surface area contributed by atoms with Crippen LogP contribution >= 0.6 is 0 Å². The summed E-state index contributed by atoms with van der Waals surface area (Å²) in [6.07, 6.45) is 3.13. The molecular formula is C10H14N2O. The lowest BCUT2D eigenvalue weighted by molar-refractivity contribution is 0.352. The van der Waals surface area contributed by atoms with Gasteiger partial charge >= 0.3 is 0 Å². The Hall–Kier alpha value is -1.12. The lowest BCUT2D eigenvalue weighted by Crippen LogP contribution is -1.99. The third kappa shape index (κ3) is 1.39. The molecule has 0 unspecified atom stereocenters. The van der Waals surface area contributed by atoms with Crippen LogP contribution in [0, 0.1) is 6.92 Å². The van der Waals surface area contributed by atoms with Crippen LogP contribution in [0.25, 0.3) is 0 Å². The molecule has 0 fully saturated rings. The quantitative estimate of drug-likeness (QED) is 0.691. The molecular weight excluding hydrogens is 164 g/mol. The van der Waals surface area contributed by atoms with Gasteiger partial charge in [-0.2, -0.15) is 10.2 Å². The highest BCUT2D eigenvalue weighted by Gasteiger charge is 2.19. The molecule has 1 aromatic heterocycles. The number of rotatable bonds is 2. The largest absolute Gasteiger partial charge is 0.491 e. The van der Waals surface area contributed by atoms with Crippen LogP contribution in [-0.4, -0.2) is 16.8 Å². The highest BCUT2D eigenvalue weighted by atomic mass is 16.5. The van der Waals surface area contributed by atoms with Gasteiger partial charge in [-0.3, -0.25) is 0 Å². The Morgan fingerprint density at radius 3 is 3.00 bits per heavy atom. The first-order valence-corrected chi connectivity index (χ1v) is 4.80. The van der Waals surface area contributed by atoms with Crippen molar-refractivity contribution < 1.29 is 4.74 Å². The Labute approximate surface area is 78.1 Å². The molecule has 1 aliphatic rings. The zero-order chi connectivity index (χ0) is 9.26. The Balaban J connectivity index is 2.43. The maximum absolute atomic E-state index is 5.51. The molecule has 0 atom stereocenters. The lowest BCUT2D eigenvalue weighted by Gasteiger charge is -2.05. The van der Waals surface area contributed by atoms with Crippen LogP contribution in [0.3, 0.4) is 0 Å². The zero-order valence-electron chi connectivity index (χ0n) is 8.13. The van der Waals surface area contributed by atoms with Crippen molar-refractivity contribution in [3.63, 3.8) is 0 Å². The molecule has 13 heavy (non-hydrogen) atoms. The van der Waals surface area contributed by atoms with Gasteiger partial charge in [0.15, 0.2) is 0 Å². The summed E-state index contributed by atoms with van der Waals surface area (Å²) in [5, 5.41) is 8.30. The maximum Gasteiger partial charge on any atom is 0.147 e. The van der Waals surface area contributed by atoms with Gasteiger partial charge in [0.05, 0.1) is 12.3 Å². The van der Waals surface area contributed by atoms with E-state index < -0.39 is 0 Å². The van der Waals surface area contributed by atoms with Crippen LogP contribution in [-0.2, 0) is 12.8 Å². The van der Waals surface area contributed by atoms with E-state index in [1.54, 1.807) is 0 Å². The fourth-order valence-corrected chi connectivity index (χ4v) is 1.73. The van der Waals surface area contributed by atoms with Gasteiger partial charge in [-0.25, -0.2) is 0 Å². The van der Waals surface area contributed by atoms with E-state index in [0.717, 1.165) is 43.0 Å². The molecule has 70 valence electrons. The molecule has 0 bridgehead atoms. The Morgan fingerprint density at radius 2 is 2.23 bits per heavy atom. The highest BCUT2D eigenvalue weighted by molar-refractivity contribution is 5.41. The minimum Gasteiger partial charge on any atom is -0.491 e. The number of nitrogens with zero attached hydrogens (tertiary/aromatic N) is 2. The fourth-order valence-electron chi connectivity index (χ4n) is 1.73. The van der Waals surface area contributed by atoms with Crippen LogP contribution < -0.4 is 4.74 Å². The highest BCUT2D eigenvalue weighted by Crippen LogP contribution is 2.29. The maximum atomic E-state index is 5.51. The Bertz CT molecular complexity index is 323. The molecule has 0 aliphatic carbocycles. The van der Waals surface area contributed by atoms with Crippen molar-refractivity contribution in [1.29, 1.82) is 0 Å². The van der Waals surface area contributed by atoms with Crippen LogP contribution in [0.4, 0.5) is 0 Å². The Kier molecular flexibility index (Phi) is 2.17. The summed E-state index contributed by atoms with van der Waals surface area (Å²) in [4.78, 5) is 0. The van der Waals surface area contributed by atoms with Crippen LogP contribution in [0.5, 0.6) is 5.75 Å². The van der Waals surface area contributed by atoms with Crippen molar-refractivity contribution in [3.05, 3.63) is 17.0 Å². The van der Waals surface area contributed by atoms with Crippen molar-refractivity contribution in [2.45, 2.75) is 33.1 Å². The van der Waals surface area contributed by atoms with Gasteiger partial charge in [0, 0.05) is 12.0 Å². The van der Waals surface area contributed by atoms with E-state index in [-0.39, 0.29) is 0 Å². The number of aryl methyl sites for hydroxylation is 2. The first-order valence-electron chi connectivity index (χ1n) is 4.80. The van der Waals surface area contributed by atoms with Gasteiger partial charge in [-0.1, -0.05) is 13.3 Å². The summed E-state index contributed by atoms with van der Waals surface area (Å²) >= 11 is 0. The van der Waals surface area contributed by atoms with E-state index in [2.05, 4.69) is 17.1 Å². The number of hydrogen-bond acceptors (Lipinski definition) is 3. The fraction of sp³-hybridized carbons (Fsp3) is 0.600. The van der Waals surface area contributed by atoms with Gasteiger partial charge in [-0.05, 0) is 13.3 Å². The van der Waals surface area contributed by atoms with E-state index in [0.29, 0.717) is 0 Å². The van der Waals surface area contributed by atoms with Gasteiger partial charge in [-0.15, -0.1) is 0 Å². The van der Waals surface area contributed by atoms with Gasteiger partial charge in [0.25, 0.3) is 0 Å². The molecule has 2 rings (SSSR count). The summed E-state index contributed by atoms with van der Waals surface area (Å²) in [5.41, 5.74) is 3.34. The Morgan fingerprint density at radius 1 is 1.38 bits per heavy atom. The molecule has 0 amide bonds. The zero-order valence-corrected chi connectivity index (χ0v) is 8.13. The first-order chi connectivity index (χ1) is 6.33. The van der Waals surface area contributed by atoms with Crippen LogP contribution in [0.15, 0.2) is 0 Å². The SMILES string of the molecule is CCCc1nnc(C)c2c1CCO2. The lowest BCUT2D eigenvalue weighted by atomic mass is 10.1. The third-order valence-corrected chi connectivity index (χ3v) is 2.36. The molecule has 0 saturated heterocycles. The number of aromatic nitrogens is 2. The molecule has 1 aromatic rings.